The molecule has 0 radical (unpaired) electrons. The molecule has 0 saturated carbocycles. The summed E-state index contributed by atoms with van der Waals surface area (Å²) in [6.07, 6.45) is 11.5. The number of nitrogens with zero attached hydrogens (tertiary/aromatic N) is 5. The molecule has 0 spiro atoms. The summed E-state index contributed by atoms with van der Waals surface area (Å²) in [7, 11) is 0. The molecule has 29 heavy (non-hydrogen) atoms. The van der Waals surface area contributed by atoms with Gasteiger partial charge in [0.2, 0.25) is 5.95 Å². The van der Waals surface area contributed by atoms with Crippen LogP contribution in [0.1, 0.15) is 25.7 Å². The number of rotatable bonds is 5. The first-order valence-electron chi connectivity index (χ1n) is 10.3. The van der Waals surface area contributed by atoms with E-state index in [2.05, 4.69) is 30.9 Å². The molecule has 0 amide bonds. The summed E-state index contributed by atoms with van der Waals surface area (Å²) in [6.45, 7) is 3.63. The highest BCUT2D eigenvalue weighted by Gasteiger charge is 2.18. The van der Waals surface area contributed by atoms with Crippen molar-refractivity contribution >= 4 is 17.4 Å². The predicted molar refractivity (Wildman–Crippen MR) is 111 cm³/mol. The third-order valence-electron chi connectivity index (χ3n) is 5.58. The number of hydrogen-bond acceptors (Lipinski definition) is 8. The normalized spacial score (nSPS) is 18.8. The molecule has 2 aliphatic rings. The molecule has 9 heteroatoms. The van der Waals surface area contributed by atoms with Gasteiger partial charge in [-0.2, -0.15) is 0 Å². The van der Waals surface area contributed by atoms with Gasteiger partial charge in [0.05, 0.1) is 17.6 Å². The first kappa shape index (κ1) is 18.3. The van der Waals surface area contributed by atoms with E-state index in [1.807, 2.05) is 29.1 Å². The molecule has 2 fully saturated rings. The smallest absolute Gasteiger partial charge is 0.223 e. The molecule has 3 N–H and O–H groups in total. The Bertz CT molecular complexity index is 962. The van der Waals surface area contributed by atoms with Crippen LogP contribution in [0.5, 0.6) is 0 Å². The minimum atomic E-state index is 0.353. The molecule has 152 valence electrons. The van der Waals surface area contributed by atoms with Crippen molar-refractivity contribution in [3.05, 3.63) is 30.9 Å². The average Bonchev–Trinajstić information content (AvgIpc) is 3.21. The van der Waals surface area contributed by atoms with Crippen molar-refractivity contribution in [3.63, 3.8) is 0 Å². The maximum absolute atomic E-state index is 5.43. The number of ether oxygens (including phenoxy) is 1. The Hall–Kier alpha value is -2.78. The number of aromatic nitrogens is 5. The number of anilines is 2. The van der Waals surface area contributed by atoms with E-state index in [1.54, 1.807) is 6.20 Å². The van der Waals surface area contributed by atoms with Crippen LogP contribution in [0.4, 0.5) is 11.8 Å². The summed E-state index contributed by atoms with van der Waals surface area (Å²) in [4.78, 5) is 18.3. The standard InChI is InChI=1S/C20H26N8O/c1-6-21-7-2-14(1)25-18-19-24-13-17(28(19)10-9-22-18)16-3-8-23-20(27-16)26-15-4-11-29-12-5-15/h3,8-10,13-15,21H,1-2,4-7,11-12H2,(H,22,25)(H,23,26,27). The largest absolute Gasteiger partial charge is 0.381 e. The fourth-order valence-corrected chi connectivity index (χ4v) is 3.97. The molecule has 5 rings (SSSR count). The van der Waals surface area contributed by atoms with Crippen molar-refractivity contribution in [1.29, 1.82) is 0 Å². The fraction of sp³-hybridized carbons (Fsp3) is 0.500. The van der Waals surface area contributed by atoms with Crippen LogP contribution >= 0.6 is 0 Å². The second kappa shape index (κ2) is 8.30. The van der Waals surface area contributed by atoms with Gasteiger partial charge in [-0.15, -0.1) is 0 Å². The molecule has 0 aromatic carbocycles. The lowest BCUT2D eigenvalue weighted by Crippen LogP contribution is -2.35. The Morgan fingerprint density at radius 2 is 1.79 bits per heavy atom. The van der Waals surface area contributed by atoms with Crippen LogP contribution in [0, 0.1) is 0 Å². The molecule has 3 aromatic rings. The van der Waals surface area contributed by atoms with Crippen LogP contribution in [-0.2, 0) is 4.74 Å². The number of piperidine rings is 1. The highest BCUT2D eigenvalue weighted by atomic mass is 16.5. The third kappa shape index (κ3) is 4.01. The van der Waals surface area contributed by atoms with Crippen molar-refractivity contribution in [1.82, 2.24) is 29.7 Å². The Kier molecular flexibility index (Phi) is 5.23. The molecule has 2 aliphatic heterocycles. The van der Waals surface area contributed by atoms with Crippen LogP contribution in [0.3, 0.4) is 0 Å². The minimum absolute atomic E-state index is 0.353. The molecule has 9 nitrogen and oxygen atoms in total. The highest BCUT2D eigenvalue weighted by Crippen LogP contribution is 2.24. The monoisotopic (exact) mass is 394 g/mol. The minimum Gasteiger partial charge on any atom is -0.381 e. The number of fused-ring (bicyclic) bond motifs is 1. The molecular weight excluding hydrogens is 368 g/mol. The van der Waals surface area contributed by atoms with Gasteiger partial charge in [0.25, 0.3) is 0 Å². The van der Waals surface area contributed by atoms with Gasteiger partial charge in [-0.3, -0.25) is 4.40 Å². The molecule has 0 aliphatic carbocycles. The van der Waals surface area contributed by atoms with E-state index in [4.69, 9.17) is 9.72 Å². The lowest BCUT2D eigenvalue weighted by Gasteiger charge is -2.24. The van der Waals surface area contributed by atoms with Crippen LogP contribution in [0.25, 0.3) is 17.0 Å². The van der Waals surface area contributed by atoms with Crippen LogP contribution in [0.2, 0.25) is 0 Å². The molecule has 3 aromatic heterocycles. The zero-order chi connectivity index (χ0) is 19.5. The van der Waals surface area contributed by atoms with Gasteiger partial charge in [-0.25, -0.2) is 19.9 Å². The van der Waals surface area contributed by atoms with Gasteiger partial charge in [0.15, 0.2) is 11.5 Å². The summed E-state index contributed by atoms with van der Waals surface area (Å²) in [5, 5.41) is 10.4. The molecule has 5 heterocycles. The Morgan fingerprint density at radius 3 is 2.66 bits per heavy atom. The van der Waals surface area contributed by atoms with Crippen molar-refractivity contribution in [2.75, 3.05) is 36.9 Å². The van der Waals surface area contributed by atoms with E-state index in [0.29, 0.717) is 18.0 Å². The topological polar surface area (TPSA) is 101 Å². The molecule has 0 atom stereocenters. The zero-order valence-corrected chi connectivity index (χ0v) is 16.3. The fourth-order valence-electron chi connectivity index (χ4n) is 3.97. The van der Waals surface area contributed by atoms with E-state index >= 15 is 0 Å². The second-order valence-corrected chi connectivity index (χ2v) is 7.58. The van der Waals surface area contributed by atoms with Gasteiger partial charge in [0.1, 0.15) is 0 Å². The molecular formula is C20H26N8O. The summed E-state index contributed by atoms with van der Waals surface area (Å²) < 4.78 is 7.46. The summed E-state index contributed by atoms with van der Waals surface area (Å²) in [6, 6.07) is 2.69. The maximum Gasteiger partial charge on any atom is 0.223 e. The lowest BCUT2D eigenvalue weighted by atomic mass is 10.1. The van der Waals surface area contributed by atoms with Crippen LogP contribution < -0.4 is 16.0 Å². The van der Waals surface area contributed by atoms with E-state index < -0.39 is 0 Å². The van der Waals surface area contributed by atoms with Crippen molar-refractivity contribution in [2.45, 2.75) is 37.8 Å². The van der Waals surface area contributed by atoms with Crippen molar-refractivity contribution in [3.8, 4) is 11.4 Å². The van der Waals surface area contributed by atoms with E-state index in [0.717, 1.165) is 74.8 Å². The summed E-state index contributed by atoms with van der Waals surface area (Å²) in [5.41, 5.74) is 2.58. The Morgan fingerprint density at radius 1 is 0.966 bits per heavy atom. The molecule has 0 bridgehead atoms. The maximum atomic E-state index is 5.43. The van der Waals surface area contributed by atoms with E-state index in [-0.39, 0.29) is 0 Å². The second-order valence-electron chi connectivity index (χ2n) is 7.58. The SMILES string of the molecule is c1cc(-c2cnc3c(NC4CCNCC4)nccn23)nc(NC2CCOCC2)n1. The van der Waals surface area contributed by atoms with Crippen LogP contribution in [-0.4, -0.2) is 62.7 Å². The average molecular weight is 394 g/mol. The van der Waals surface area contributed by atoms with E-state index in [1.165, 1.54) is 0 Å². The van der Waals surface area contributed by atoms with Crippen LogP contribution in [0.15, 0.2) is 30.9 Å². The summed E-state index contributed by atoms with van der Waals surface area (Å²) >= 11 is 0. The predicted octanol–water partition coefficient (Wildman–Crippen LogP) is 1.94. The van der Waals surface area contributed by atoms with Gasteiger partial charge >= 0.3 is 0 Å². The Balaban J connectivity index is 1.40. The lowest BCUT2D eigenvalue weighted by molar-refractivity contribution is 0.0903. The van der Waals surface area contributed by atoms with Gasteiger partial charge in [-0.05, 0) is 44.8 Å². The van der Waals surface area contributed by atoms with Gasteiger partial charge in [-0.1, -0.05) is 0 Å². The highest BCUT2D eigenvalue weighted by molar-refractivity contribution is 5.69. The number of hydrogen-bond donors (Lipinski definition) is 3. The summed E-state index contributed by atoms with van der Waals surface area (Å²) in [5.74, 6) is 1.46. The number of imidazole rings is 1. The van der Waals surface area contributed by atoms with Crippen molar-refractivity contribution < 1.29 is 4.74 Å². The molecule has 2 saturated heterocycles. The van der Waals surface area contributed by atoms with Crippen molar-refractivity contribution in [2.24, 2.45) is 0 Å². The third-order valence-corrected chi connectivity index (χ3v) is 5.58. The first-order valence-corrected chi connectivity index (χ1v) is 10.3. The zero-order valence-electron chi connectivity index (χ0n) is 16.3. The first-order chi connectivity index (χ1) is 14.4. The number of nitrogens with one attached hydrogen (secondary N) is 3. The van der Waals surface area contributed by atoms with E-state index in [9.17, 15) is 0 Å². The quantitative estimate of drug-likeness (QED) is 0.604. The van der Waals surface area contributed by atoms with Gasteiger partial charge in [0, 0.05) is 43.9 Å². The molecule has 0 unspecified atom stereocenters. The van der Waals surface area contributed by atoms with Gasteiger partial charge < -0.3 is 20.7 Å². The Labute approximate surface area is 169 Å².